The van der Waals surface area contributed by atoms with E-state index in [9.17, 15) is 0 Å². The van der Waals surface area contributed by atoms with E-state index < -0.39 is 0 Å². The molecule has 3 rings (SSSR count). The molecule has 106 valence electrons. The van der Waals surface area contributed by atoms with Crippen LogP contribution < -0.4 is 5.73 Å². The molecule has 0 bridgehead atoms. The van der Waals surface area contributed by atoms with E-state index in [1.54, 1.807) is 12.1 Å². The van der Waals surface area contributed by atoms with Gasteiger partial charge in [0.05, 0.1) is 21.3 Å². The third kappa shape index (κ3) is 2.15. The molecule has 5 nitrogen and oxygen atoms in total. The van der Waals surface area contributed by atoms with Crippen molar-refractivity contribution in [2.24, 2.45) is 5.92 Å². The lowest BCUT2D eigenvalue weighted by atomic mass is 9.98. The van der Waals surface area contributed by atoms with Gasteiger partial charge < -0.3 is 5.73 Å². The average Bonchev–Trinajstić information content (AvgIpc) is 3.13. The molecule has 1 heterocycles. The van der Waals surface area contributed by atoms with E-state index in [1.807, 2.05) is 4.68 Å². The summed E-state index contributed by atoms with van der Waals surface area (Å²) in [6.45, 7) is 4.29. The first-order chi connectivity index (χ1) is 9.41. The molecule has 0 atom stereocenters. The molecular weight excluding hydrogens is 297 g/mol. The zero-order valence-electron chi connectivity index (χ0n) is 11.3. The molecule has 1 fully saturated rings. The molecule has 0 radical (unpaired) electrons. The molecule has 0 saturated heterocycles. The number of tetrazole rings is 1. The predicted molar refractivity (Wildman–Crippen MR) is 79.7 cm³/mol. The van der Waals surface area contributed by atoms with Crippen molar-refractivity contribution in [1.29, 1.82) is 0 Å². The van der Waals surface area contributed by atoms with Gasteiger partial charge in [0.1, 0.15) is 0 Å². The number of anilines is 1. The molecular formula is C13H15Cl2N5. The molecule has 1 aliphatic rings. The maximum atomic E-state index is 6.09. The summed E-state index contributed by atoms with van der Waals surface area (Å²) in [7, 11) is 0. The molecule has 0 spiro atoms. The van der Waals surface area contributed by atoms with Gasteiger partial charge in [-0.1, -0.05) is 23.2 Å². The summed E-state index contributed by atoms with van der Waals surface area (Å²) in [4.78, 5) is 0. The summed E-state index contributed by atoms with van der Waals surface area (Å²) in [5.41, 5.74) is 6.94. The normalized spacial score (nSPS) is 15.6. The Morgan fingerprint density at radius 3 is 2.60 bits per heavy atom. The molecule has 1 aromatic heterocycles. The summed E-state index contributed by atoms with van der Waals surface area (Å²) < 4.78 is 1.85. The monoisotopic (exact) mass is 311 g/mol. The van der Waals surface area contributed by atoms with Crippen molar-refractivity contribution in [3.63, 3.8) is 0 Å². The number of rotatable bonds is 3. The SMILES string of the molecule is CC(C)(C1CC1)n1nnnc1-c1cc(N)c(Cl)c(Cl)c1. The minimum Gasteiger partial charge on any atom is -0.397 e. The highest BCUT2D eigenvalue weighted by molar-refractivity contribution is 6.43. The highest BCUT2D eigenvalue weighted by Gasteiger charge is 2.41. The summed E-state index contributed by atoms with van der Waals surface area (Å²) in [6.07, 6.45) is 2.41. The lowest BCUT2D eigenvalue weighted by Gasteiger charge is -2.25. The van der Waals surface area contributed by atoms with Gasteiger partial charge in [0.25, 0.3) is 0 Å². The molecule has 1 aliphatic carbocycles. The van der Waals surface area contributed by atoms with Crippen molar-refractivity contribution in [3.05, 3.63) is 22.2 Å². The minimum absolute atomic E-state index is 0.125. The number of benzene rings is 1. The fraction of sp³-hybridized carbons (Fsp3) is 0.462. The summed E-state index contributed by atoms with van der Waals surface area (Å²) in [5, 5.41) is 12.8. The zero-order chi connectivity index (χ0) is 14.5. The Morgan fingerprint density at radius 1 is 1.30 bits per heavy atom. The lowest BCUT2D eigenvalue weighted by Crippen LogP contribution is -2.30. The molecule has 0 aliphatic heterocycles. The Bertz CT molecular complexity index is 638. The van der Waals surface area contributed by atoms with Crippen molar-refractivity contribution in [1.82, 2.24) is 20.2 Å². The number of hydrogen-bond acceptors (Lipinski definition) is 4. The van der Waals surface area contributed by atoms with Crippen LogP contribution in [0.15, 0.2) is 12.1 Å². The lowest BCUT2D eigenvalue weighted by molar-refractivity contribution is 0.271. The fourth-order valence-electron chi connectivity index (χ4n) is 2.46. The van der Waals surface area contributed by atoms with Crippen LogP contribution in [0.1, 0.15) is 26.7 Å². The highest BCUT2D eigenvalue weighted by atomic mass is 35.5. The van der Waals surface area contributed by atoms with Gasteiger partial charge in [0.15, 0.2) is 5.82 Å². The first kappa shape index (κ1) is 13.6. The second kappa shape index (κ2) is 4.60. The van der Waals surface area contributed by atoms with E-state index in [4.69, 9.17) is 28.9 Å². The minimum atomic E-state index is -0.125. The van der Waals surface area contributed by atoms with E-state index in [0.29, 0.717) is 27.5 Å². The molecule has 2 N–H and O–H groups in total. The maximum Gasteiger partial charge on any atom is 0.182 e. The van der Waals surface area contributed by atoms with Crippen molar-refractivity contribution in [3.8, 4) is 11.4 Å². The Labute approximate surface area is 127 Å². The van der Waals surface area contributed by atoms with E-state index in [1.165, 1.54) is 12.8 Å². The molecule has 0 amide bonds. The maximum absolute atomic E-state index is 6.09. The molecule has 0 unspecified atom stereocenters. The first-order valence-electron chi connectivity index (χ1n) is 6.45. The Kier molecular flexibility index (Phi) is 3.14. The van der Waals surface area contributed by atoms with Gasteiger partial charge in [0, 0.05) is 5.56 Å². The number of halogens is 2. The number of aromatic nitrogens is 4. The summed E-state index contributed by atoms with van der Waals surface area (Å²) in [6, 6.07) is 3.49. The molecule has 2 aromatic rings. The third-order valence-corrected chi connectivity index (χ3v) is 4.72. The van der Waals surface area contributed by atoms with Crippen LogP contribution in [0.25, 0.3) is 11.4 Å². The van der Waals surface area contributed by atoms with Crippen LogP contribution in [0, 0.1) is 5.92 Å². The number of nitrogens with two attached hydrogens (primary N) is 1. The van der Waals surface area contributed by atoms with E-state index >= 15 is 0 Å². The van der Waals surface area contributed by atoms with Crippen LogP contribution in [0.3, 0.4) is 0 Å². The predicted octanol–water partition coefficient (Wildman–Crippen LogP) is 3.37. The van der Waals surface area contributed by atoms with Crippen LogP contribution in [-0.2, 0) is 5.54 Å². The summed E-state index contributed by atoms with van der Waals surface area (Å²) in [5.74, 6) is 1.26. The topological polar surface area (TPSA) is 69.6 Å². The van der Waals surface area contributed by atoms with Crippen LogP contribution in [-0.4, -0.2) is 20.2 Å². The van der Waals surface area contributed by atoms with Crippen LogP contribution in [0.2, 0.25) is 10.0 Å². The zero-order valence-corrected chi connectivity index (χ0v) is 12.8. The van der Waals surface area contributed by atoms with Crippen molar-refractivity contribution >= 4 is 28.9 Å². The molecule has 7 heteroatoms. The van der Waals surface area contributed by atoms with E-state index in [-0.39, 0.29) is 5.54 Å². The fourth-order valence-corrected chi connectivity index (χ4v) is 2.79. The van der Waals surface area contributed by atoms with Gasteiger partial charge in [-0.25, -0.2) is 4.68 Å². The van der Waals surface area contributed by atoms with Crippen LogP contribution in [0.5, 0.6) is 0 Å². The smallest absolute Gasteiger partial charge is 0.182 e. The summed E-state index contributed by atoms with van der Waals surface area (Å²) >= 11 is 12.1. The Balaban J connectivity index is 2.10. The van der Waals surface area contributed by atoms with Gasteiger partial charge in [0.2, 0.25) is 0 Å². The number of nitrogen functional groups attached to an aromatic ring is 1. The van der Waals surface area contributed by atoms with Gasteiger partial charge in [-0.3, -0.25) is 0 Å². The van der Waals surface area contributed by atoms with Crippen LogP contribution >= 0.6 is 23.2 Å². The van der Waals surface area contributed by atoms with Crippen molar-refractivity contribution in [2.45, 2.75) is 32.2 Å². The number of hydrogen-bond donors (Lipinski definition) is 1. The van der Waals surface area contributed by atoms with E-state index in [2.05, 4.69) is 29.4 Å². The Morgan fingerprint density at radius 2 is 2.00 bits per heavy atom. The van der Waals surface area contributed by atoms with Gasteiger partial charge in [-0.05, 0) is 55.2 Å². The average molecular weight is 312 g/mol. The van der Waals surface area contributed by atoms with Gasteiger partial charge in [-0.15, -0.1) is 5.10 Å². The molecule has 1 saturated carbocycles. The standard InChI is InChI=1S/C13H15Cl2N5/c1-13(2,8-3-4-8)20-12(17-18-19-20)7-5-9(14)11(15)10(16)6-7/h5-6,8H,3-4,16H2,1-2H3. The van der Waals surface area contributed by atoms with Crippen LogP contribution in [0.4, 0.5) is 5.69 Å². The van der Waals surface area contributed by atoms with Gasteiger partial charge >= 0.3 is 0 Å². The second-order valence-corrected chi connectivity index (χ2v) is 6.49. The number of nitrogens with zero attached hydrogens (tertiary/aromatic N) is 4. The van der Waals surface area contributed by atoms with Gasteiger partial charge in [-0.2, -0.15) is 0 Å². The highest BCUT2D eigenvalue weighted by Crippen LogP contribution is 2.45. The van der Waals surface area contributed by atoms with E-state index in [0.717, 1.165) is 5.56 Å². The largest absolute Gasteiger partial charge is 0.397 e. The first-order valence-corrected chi connectivity index (χ1v) is 7.20. The molecule has 20 heavy (non-hydrogen) atoms. The molecule has 1 aromatic carbocycles. The van der Waals surface area contributed by atoms with Crippen molar-refractivity contribution < 1.29 is 0 Å². The quantitative estimate of drug-likeness (QED) is 0.882. The Hall–Kier alpha value is -1.33. The van der Waals surface area contributed by atoms with Crippen molar-refractivity contribution in [2.75, 3.05) is 5.73 Å². The second-order valence-electron chi connectivity index (χ2n) is 5.70. The third-order valence-electron chi connectivity index (χ3n) is 3.91.